The van der Waals surface area contributed by atoms with E-state index in [1.165, 1.54) is 11.1 Å². The Kier molecular flexibility index (Phi) is 10.8. The lowest BCUT2D eigenvalue weighted by Gasteiger charge is -2.24. The molecule has 9 heteroatoms. The molecule has 1 aliphatic heterocycles. The number of fused-ring (bicyclic) bond motifs is 1. The number of rotatable bonds is 11. The van der Waals surface area contributed by atoms with Gasteiger partial charge in [-0.1, -0.05) is 60.7 Å². The van der Waals surface area contributed by atoms with Crippen molar-refractivity contribution in [3.63, 3.8) is 0 Å². The van der Waals surface area contributed by atoms with Crippen LogP contribution >= 0.6 is 0 Å². The van der Waals surface area contributed by atoms with Gasteiger partial charge in [-0.25, -0.2) is 9.59 Å². The van der Waals surface area contributed by atoms with E-state index in [9.17, 15) is 9.59 Å². The summed E-state index contributed by atoms with van der Waals surface area (Å²) in [5.74, 6) is -3.09. The highest BCUT2D eigenvalue weighted by Crippen LogP contribution is 2.39. The van der Waals surface area contributed by atoms with Gasteiger partial charge in [-0.05, 0) is 31.4 Å². The number of hydrogen-bond acceptors (Lipinski definition) is 7. The molecule has 2 aromatic carbocycles. The normalized spacial score (nSPS) is 23.8. The summed E-state index contributed by atoms with van der Waals surface area (Å²) in [6.07, 6.45) is 1.95. The van der Waals surface area contributed by atoms with Gasteiger partial charge < -0.3 is 34.5 Å². The second-order valence-corrected chi connectivity index (χ2v) is 9.23. The standard InChI is InChI=1S/C24H31NO4.C4H4O4/c1-24(2)28-22-20(25-16-18-9-5-3-6-10-18)15-21(23(22)29-24)27-14-13-26-17-19-11-7-4-8-12-19;5-3(6)1-2-4(7)8/h3-12,20-23,25H,13-17H2,1-2H3;1-2H,(H,5,6)(H,7,8)/b;2-1-/t20-,21+,22+,23-;/m1./s1. The van der Waals surface area contributed by atoms with Crippen molar-refractivity contribution in [2.75, 3.05) is 13.2 Å². The third kappa shape index (κ3) is 9.71. The number of ether oxygens (including phenoxy) is 4. The largest absolute Gasteiger partial charge is 0.478 e. The van der Waals surface area contributed by atoms with Crippen LogP contribution in [-0.4, -0.2) is 65.5 Å². The Hall–Kier alpha value is -3.08. The molecule has 4 rings (SSSR count). The molecule has 4 atom stereocenters. The maximum absolute atomic E-state index is 9.55. The summed E-state index contributed by atoms with van der Waals surface area (Å²) in [5, 5.41) is 19.3. The molecule has 2 aliphatic rings. The van der Waals surface area contributed by atoms with Crippen LogP contribution in [0.25, 0.3) is 0 Å². The second-order valence-electron chi connectivity index (χ2n) is 9.23. The van der Waals surface area contributed by atoms with Gasteiger partial charge in [-0.3, -0.25) is 0 Å². The summed E-state index contributed by atoms with van der Waals surface area (Å²) in [6, 6.07) is 20.8. The molecule has 0 unspecified atom stereocenters. The number of carbonyl (C=O) groups is 2. The minimum absolute atomic E-state index is 0.00366. The Balaban J connectivity index is 0.000000414. The molecule has 1 saturated carbocycles. The van der Waals surface area contributed by atoms with Crippen LogP contribution in [0.1, 0.15) is 31.4 Å². The first-order chi connectivity index (χ1) is 17.7. The van der Waals surface area contributed by atoms with Gasteiger partial charge in [-0.2, -0.15) is 0 Å². The highest BCUT2D eigenvalue weighted by molar-refractivity contribution is 5.89. The molecule has 1 saturated heterocycles. The van der Waals surface area contributed by atoms with Crippen molar-refractivity contribution in [1.82, 2.24) is 5.32 Å². The van der Waals surface area contributed by atoms with Gasteiger partial charge in [0.15, 0.2) is 5.79 Å². The van der Waals surface area contributed by atoms with Crippen molar-refractivity contribution in [1.29, 1.82) is 0 Å². The summed E-state index contributed by atoms with van der Waals surface area (Å²) in [7, 11) is 0. The molecule has 200 valence electrons. The van der Waals surface area contributed by atoms with Crippen LogP contribution < -0.4 is 5.32 Å². The summed E-state index contributed by atoms with van der Waals surface area (Å²) < 4.78 is 24.3. The fourth-order valence-corrected chi connectivity index (χ4v) is 4.31. The fraction of sp³-hybridized carbons (Fsp3) is 0.429. The van der Waals surface area contributed by atoms with E-state index in [0.717, 1.165) is 13.0 Å². The van der Waals surface area contributed by atoms with Crippen molar-refractivity contribution in [2.45, 2.75) is 63.6 Å². The molecule has 0 bridgehead atoms. The average Bonchev–Trinajstić information content (AvgIpc) is 3.36. The lowest BCUT2D eigenvalue weighted by molar-refractivity contribution is -0.169. The van der Waals surface area contributed by atoms with Crippen LogP contribution in [0.2, 0.25) is 0 Å². The van der Waals surface area contributed by atoms with Gasteiger partial charge >= 0.3 is 11.9 Å². The quantitative estimate of drug-likeness (QED) is 0.306. The number of carboxylic acids is 2. The zero-order valence-corrected chi connectivity index (χ0v) is 21.1. The van der Waals surface area contributed by atoms with E-state index in [2.05, 4.69) is 41.7 Å². The molecule has 37 heavy (non-hydrogen) atoms. The van der Waals surface area contributed by atoms with Crippen LogP contribution in [-0.2, 0) is 41.7 Å². The van der Waals surface area contributed by atoms with E-state index in [4.69, 9.17) is 29.2 Å². The van der Waals surface area contributed by atoms with Crippen LogP contribution in [0.5, 0.6) is 0 Å². The minimum Gasteiger partial charge on any atom is -0.478 e. The molecule has 0 radical (unpaired) electrons. The highest BCUT2D eigenvalue weighted by atomic mass is 16.8. The van der Waals surface area contributed by atoms with Crippen molar-refractivity contribution in [3.05, 3.63) is 83.9 Å². The number of aliphatic carboxylic acids is 2. The van der Waals surface area contributed by atoms with E-state index < -0.39 is 17.7 Å². The Morgan fingerprint density at radius 1 is 0.919 bits per heavy atom. The maximum Gasteiger partial charge on any atom is 0.328 e. The summed E-state index contributed by atoms with van der Waals surface area (Å²) >= 11 is 0. The van der Waals surface area contributed by atoms with E-state index in [1.54, 1.807) is 0 Å². The Labute approximate surface area is 217 Å². The molecule has 0 amide bonds. The van der Waals surface area contributed by atoms with Gasteiger partial charge in [0.05, 0.1) is 25.9 Å². The van der Waals surface area contributed by atoms with Gasteiger partial charge in [0.25, 0.3) is 0 Å². The molecular weight excluding hydrogens is 478 g/mol. The number of carboxylic acid groups (broad SMARTS) is 2. The lowest BCUT2D eigenvalue weighted by atomic mass is 10.1. The average molecular weight is 514 g/mol. The zero-order valence-electron chi connectivity index (χ0n) is 21.1. The first-order valence-electron chi connectivity index (χ1n) is 12.2. The van der Waals surface area contributed by atoms with E-state index in [1.807, 2.05) is 38.1 Å². The molecule has 0 aromatic heterocycles. The molecule has 9 nitrogen and oxygen atoms in total. The predicted molar refractivity (Wildman–Crippen MR) is 136 cm³/mol. The van der Waals surface area contributed by atoms with E-state index >= 15 is 0 Å². The van der Waals surface area contributed by atoms with Gasteiger partial charge in [0.1, 0.15) is 12.2 Å². The van der Waals surface area contributed by atoms with Gasteiger partial charge in [-0.15, -0.1) is 0 Å². The molecule has 1 heterocycles. The van der Waals surface area contributed by atoms with Crippen molar-refractivity contribution in [3.8, 4) is 0 Å². The van der Waals surface area contributed by atoms with Crippen molar-refractivity contribution >= 4 is 11.9 Å². The van der Waals surface area contributed by atoms with Crippen LogP contribution in [0.4, 0.5) is 0 Å². The van der Waals surface area contributed by atoms with Crippen LogP contribution in [0, 0.1) is 0 Å². The molecule has 1 aliphatic carbocycles. The Bertz CT molecular complexity index is 995. The van der Waals surface area contributed by atoms with E-state index in [-0.39, 0.29) is 24.4 Å². The summed E-state index contributed by atoms with van der Waals surface area (Å²) in [5.41, 5.74) is 2.44. The highest BCUT2D eigenvalue weighted by Gasteiger charge is 2.54. The van der Waals surface area contributed by atoms with Crippen LogP contribution in [0.3, 0.4) is 0 Å². The Morgan fingerprint density at radius 3 is 2.08 bits per heavy atom. The minimum atomic E-state index is -1.26. The molecule has 0 spiro atoms. The topological polar surface area (TPSA) is 124 Å². The molecule has 3 N–H and O–H groups in total. The predicted octanol–water partition coefficient (Wildman–Crippen LogP) is 3.38. The third-order valence-electron chi connectivity index (χ3n) is 5.86. The Morgan fingerprint density at radius 2 is 1.49 bits per heavy atom. The zero-order chi connectivity index (χ0) is 26.7. The van der Waals surface area contributed by atoms with Crippen molar-refractivity contribution < 1.29 is 38.7 Å². The first kappa shape index (κ1) is 28.5. The number of nitrogens with one attached hydrogen (secondary N) is 1. The van der Waals surface area contributed by atoms with Gasteiger partial charge in [0, 0.05) is 24.7 Å². The molecular formula is C28H35NO8. The third-order valence-corrected chi connectivity index (χ3v) is 5.86. The van der Waals surface area contributed by atoms with E-state index in [0.29, 0.717) is 32.0 Å². The first-order valence-corrected chi connectivity index (χ1v) is 12.2. The number of benzene rings is 2. The van der Waals surface area contributed by atoms with Gasteiger partial charge in [0.2, 0.25) is 0 Å². The smallest absolute Gasteiger partial charge is 0.328 e. The summed E-state index contributed by atoms with van der Waals surface area (Å²) in [4.78, 5) is 19.1. The molecule has 2 fully saturated rings. The van der Waals surface area contributed by atoms with Crippen LogP contribution in [0.15, 0.2) is 72.8 Å². The SMILES string of the molecule is CC1(C)O[C@@H]2[C@H](O1)[C@@H](OCCOCc1ccccc1)C[C@H]2NCc1ccccc1.O=C(O)/C=C\C(=O)O. The lowest BCUT2D eigenvalue weighted by Crippen LogP contribution is -2.39. The van der Waals surface area contributed by atoms with Crippen molar-refractivity contribution in [2.24, 2.45) is 0 Å². The maximum atomic E-state index is 9.55. The fourth-order valence-electron chi connectivity index (χ4n) is 4.31. The summed E-state index contributed by atoms with van der Waals surface area (Å²) in [6.45, 7) is 6.48. The molecule has 2 aromatic rings. The monoisotopic (exact) mass is 513 g/mol. The second kappa shape index (κ2) is 14.0. The number of hydrogen-bond donors (Lipinski definition) is 3.